The molecule has 2 aromatic rings. The minimum Gasteiger partial charge on any atom is -0.481 e. The topological polar surface area (TPSA) is 170 Å². The third-order valence-corrected chi connectivity index (χ3v) is 4.46. The number of nitrogens with one attached hydrogen (secondary N) is 4. The number of hydrogen-bond donors (Lipinski definition) is 6. The Bertz CT molecular complexity index is 883. The number of anilines is 1. The molecule has 1 atom stereocenters. The molecule has 148 valence electrons. The highest BCUT2D eigenvalue weighted by Crippen LogP contribution is 2.21. The molecule has 0 radical (unpaired) electrons. The second-order valence-electron chi connectivity index (χ2n) is 5.77. The van der Waals surface area contributed by atoms with Crippen molar-refractivity contribution in [2.45, 2.75) is 19.4 Å². The zero-order chi connectivity index (χ0) is 20.7. The first-order valence-corrected chi connectivity index (χ1v) is 9.00. The summed E-state index contributed by atoms with van der Waals surface area (Å²) < 4.78 is 0. The van der Waals surface area contributed by atoms with Crippen molar-refractivity contribution in [1.82, 2.24) is 15.6 Å². The van der Waals surface area contributed by atoms with Crippen LogP contribution >= 0.6 is 11.3 Å². The van der Waals surface area contributed by atoms with Crippen LogP contribution in [0.15, 0.2) is 30.3 Å². The summed E-state index contributed by atoms with van der Waals surface area (Å²) in [7, 11) is 0. The number of carbonyl (C=O) groups excluding carboxylic acids is 2. The van der Waals surface area contributed by atoms with Crippen LogP contribution in [-0.4, -0.2) is 40.4 Å². The lowest BCUT2D eigenvalue weighted by atomic mass is 10.0. The summed E-state index contributed by atoms with van der Waals surface area (Å²) in [5, 5.41) is 24.1. The number of aliphatic carboxylic acids is 1. The SMILES string of the molecule is Cc1sc(NC(=N)N)nc1C(=O)NCC(=O)NC(CC(=O)O)c1ccccc1. The number of guanidine groups is 1. The third-order valence-electron chi connectivity index (χ3n) is 3.58. The molecule has 0 bridgehead atoms. The van der Waals surface area contributed by atoms with Crippen LogP contribution < -0.4 is 21.7 Å². The number of carboxylic acid groups (broad SMARTS) is 1. The predicted molar refractivity (Wildman–Crippen MR) is 104 cm³/mol. The Morgan fingerprint density at radius 2 is 1.96 bits per heavy atom. The number of nitrogens with two attached hydrogens (primary N) is 1. The normalized spacial score (nSPS) is 11.3. The van der Waals surface area contributed by atoms with E-state index in [0.29, 0.717) is 15.6 Å². The van der Waals surface area contributed by atoms with E-state index in [2.05, 4.69) is 20.9 Å². The number of nitrogens with zero attached hydrogens (tertiary/aromatic N) is 1. The van der Waals surface area contributed by atoms with Gasteiger partial charge in [0.25, 0.3) is 5.91 Å². The van der Waals surface area contributed by atoms with Crippen LogP contribution in [0.4, 0.5) is 5.13 Å². The van der Waals surface area contributed by atoms with Crippen LogP contribution in [0.25, 0.3) is 0 Å². The standard InChI is InChI=1S/C17H20N6O4S/c1-9-14(22-17(28-9)23-16(18)19)15(27)20-8-12(24)21-11(7-13(25)26)10-5-3-2-4-6-10/h2-6,11H,7-8H2,1H3,(H,20,27)(H,21,24)(H,25,26)(H4,18,19,22,23). The minimum atomic E-state index is -1.05. The lowest BCUT2D eigenvalue weighted by Gasteiger charge is -2.17. The Morgan fingerprint density at radius 1 is 1.29 bits per heavy atom. The summed E-state index contributed by atoms with van der Waals surface area (Å²) in [6, 6.07) is 8.00. The number of carbonyl (C=O) groups is 3. The van der Waals surface area contributed by atoms with Gasteiger partial charge in [0.1, 0.15) is 5.69 Å². The highest BCUT2D eigenvalue weighted by molar-refractivity contribution is 7.16. The fourth-order valence-electron chi connectivity index (χ4n) is 2.38. The number of carboxylic acids is 1. The van der Waals surface area contributed by atoms with Crippen LogP contribution in [0.2, 0.25) is 0 Å². The highest BCUT2D eigenvalue weighted by Gasteiger charge is 2.20. The molecule has 0 fully saturated rings. The molecule has 1 unspecified atom stereocenters. The molecule has 2 rings (SSSR count). The largest absolute Gasteiger partial charge is 0.481 e. The molecule has 0 aliphatic rings. The van der Waals surface area contributed by atoms with E-state index in [9.17, 15) is 14.4 Å². The highest BCUT2D eigenvalue weighted by atomic mass is 32.1. The molecule has 11 heteroatoms. The van der Waals surface area contributed by atoms with E-state index >= 15 is 0 Å². The van der Waals surface area contributed by atoms with E-state index in [1.807, 2.05) is 0 Å². The van der Waals surface area contributed by atoms with E-state index in [4.69, 9.17) is 16.2 Å². The molecule has 1 aromatic heterocycles. The van der Waals surface area contributed by atoms with Gasteiger partial charge < -0.3 is 26.8 Å². The summed E-state index contributed by atoms with van der Waals surface area (Å²) >= 11 is 1.15. The molecule has 0 aliphatic heterocycles. The van der Waals surface area contributed by atoms with E-state index < -0.39 is 23.8 Å². The number of rotatable bonds is 8. The van der Waals surface area contributed by atoms with Gasteiger partial charge in [0.2, 0.25) is 5.91 Å². The molecular weight excluding hydrogens is 384 g/mol. The molecule has 0 saturated heterocycles. The molecule has 1 heterocycles. The van der Waals surface area contributed by atoms with Gasteiger partial charge >= 0.3 is 5.97 Å². The predicted octanol–water partition coefficient (Wildman–Crippen LogP) is 0.819. The van der Waals surface area contributed by atoms with Crippen molar-refractivity contribution in [1.29, 1.82) is 5.41 Å². The van der Waals surface area contributed by atoms with Crippen molar-refractivity contribution < 1.29 is 19.5 Å². The van der Waals surface area contributed by atoms with E-state index in [1.165, 1.54) is 0 Å². The number of benzene rings is 1. The van der Waals surface area contributed by atoms with E-state index in [-0.39, 0.29) is 24.6 Å². The Labute approximate surface area is 164 Å². The second kappa shape index (κ2) is 9.46. The first kappa shape index (κ1) is 20.8. The Balaban J connectivity index is 1.96. The van der Waals surface area contributed by atoms with Crippen LogP contribution in [-0.2, 0) is 9.59 Å². The molecule has 2 amide bonds. The monoisotopic (exact) mass is 404 g/mol. The molecule has 28 heavy (non-hydrogen) atoms. The van der Waals surface area contributed by atoms with Crippen LogP contribution in [0, 0.1) is 12.3 Å². The Morgan fingerprint density at radius 3 is 2.57 bits per heavy atom. The van der Waals surface area contributed by atoms with Gasteiger partial charge in [0.05, 0.1) is 19.0 Å². The first-order valence-electron chi connectivity index (χ1n) is 8.19. The van der Waals surface area contributed by atoms with E-state index in [1.54, 1.807) is 37.3 Å². The lowest BCUT2D eigenvalue weighted by Crippen LogP contribution is -2.39. The van der Waals surface area contributed by atoms with Crippen molar-refractivity contribution >= 4 is 40.2 Å². The van der Waals surface area contributed by atoms with Gasteiger partial charge in [-0.05, 0) is 12.5 Å². The fraction of sp³-hybridized carbons (Fsp3) is 0.235. The van der Waals surface area contributed by atoms with Crippen LogP contribution in [0.3, 0.4) is 0 Å². The molecule has 0 spiro atoms. The summed E-state index contributed by atoms with van der Waals surface area (Å²) in [5.41, 5.74) is 6.00. The maximum absolute atomic E-state index is 12.2. The second-order valence-corrected chi connectivity index (χ2v) is 6.98. The summed E-state index contributed by atoms with van der Waals surface area (Å²) in [5.74, 6) is -2.44. The fourth-order valence-corrected chi connectivity index (χ4v) is 3.20. The van der Waals surface area contributed by atoms with Gasteiger partial charge in [-0.1, -0.05) is 30.3 Å². The number of aryl methyl sites for hydroxylation is 1. The van der Waals surface area contributed by atoms with Gasteiger partial charge in [0.15, 0.2) is 11.1 Å². The van der Waals surface area contributed by atoms with Crippen molar-refractivity contribution in [2.75, 3.05) is 11.9 Å². The number of hydrogen-bond acceptors (Lipinski definition) is 6. The molecule has 0 aliphatic carbocycles. The third kappa shape index (κ3) is 6.06. The molecule has 7 N–H and O–H groups in total. The first-order chi connectivity index (χ1) is 13.3. The average Bonchev–Trinajstić information content (AvgIpc) is 2.99. The van der Waals surface area contributed by atoms with Gasteiger partial charge in [-0.25, -0.2) is 4.98 Å². The Kier molecular flexibility index (Phi) is 7.04. The van der Waals surface area contributed by atoms with Gasteiger partial charge in [0, 0.05) is 4.88 Å². The zero-order valence-electron chi connectivity index (χ0n) is 15.0. The van der Waals surface area contributed by atoms with Crippen molar-refractivity contribution in [3.63, 3.8) is 0 Å². The van der Waals surface area contributed by atoms with Gasteiger partial charge in [-0.15, -0.1) is 11.3 Å². The van der Waals surface area contributed by atoms with E-state index in [0.717, 1.165) is 11.3 Å². The molecular formula is C17H20N6O4S. The summed E-state index contributed by atoms with van der Waals surface area (Å²) in [6.07, 6.45) is -0.283. The van der Waals surface area contributed by atoms with Gasteiger partial charge in [-0.3, -0.25) is 19.8 Å². The average molecular weight is 404 g/mol. The Hall–Kier alpha value is -3.47. The van der Waals surface area contributed by atoms with Crippen LogP contribution in [0.5, 0.6) is 0 Å². The van der Waals surface area contributed by atoms with Crippen LogP contribution in [0.1, 0.15) is 33.4 Å². The lowest BCUT2D eigenvalue weighted by molar-refractivity contribution is -0.137. The number of amides is 2. The summed E-state index contributed by atoms with van der Waals surface area (Å²) in [6.45, 7) is 1.34. The molecule has 10 nitrogen and oxygen atoms in total. The molecule has 1 aromatic carbocycles. The van der Waals surface area contributed by atoms with Gasteiger partial charge in [-0.2, -0.15) is 0 Å². The maximum Gasteiger partial charge on any atom is 0.305 e. The quantitative estimate of drug-likeness (QED) is 0.279. The maximum atomic E-state index is 12.2. The molecule has 0 saturated carbocycles. The summed E-state index contributed by atoms with van der Waals surface area (Å²) in [4.78, 5) is 40.1. The van der Waals surface area contributed by atoms with Crippen molar-refractivity contribution in [3.8, 4) is 0 Å². The minimum absolute atomic E-state index is 0.117. The zero-order valence-corrected chi connectivity index (χ0v) is 15.8. The number of thiazole rings is 1. The van der Waals surface area contributed by atoms with Crippen molar-refractivity contribution in [2.24, 2.45) is 5.73 Å². The van der Waals surface area contributed by atoms with Crippen molar-refractivity contribution in [3.05, 3.63) is 46.5 Å². The number of aromatic nitrogens is 1. The smallest absolute Gasteiger partial charge is 0.305 e.